The molecule has 0 heterocycles. The van der Waals surface area contributed by atoms with Crippen molar-refractivity contribution in [2.75, 3.05) is 13.1 Å². The molecule has 0 aliphatic heterocycles. The quantitative estimate of drug-likeness (QED) is 0.568. The molecule has 0 saturated carbocycles. The zero-order valence-corrected chi connectivity index (χ0v) is 6.70. The zero-order chi connectivity index (χ0) is 7.28. The summed E-state index contributed by atoms with van der Waals surface area (Å²) in [5.74, 6) is 0.740. The van der Waals surface area contributed by atoms with Gasteiger partial charge < -0.3 is 5.32 Å². The molecule has 1 heteroatoms. The molecule has 0 rings (SSSR count). The first-order valence-electron chi connectivity index (χ1n) is 3.48. The zero-order valence-electron chi connectivity index (χ0n) is 6.70. The van der Waals surface area contributed by atoms with E-state index in [-0.39, 0.29) is 0 Å². The van der Waals surface area contributed by atoms with Gasteiger partial charge in [0.1, 0.15) is 0 Å². The molecule has 0 aromatic carbocycles. The molecule has 0 spiro atoms. The van der Waals surface area contributed by atoms with Crippen molar-refractivity contribution in [2.45, 2.75) is 20.8 Å². The summed E-state index contributed by atoms with van der Waals surface area (Å²) in [6, 6.07) is 0. The van der Waals surface area contributed by atoms with Crippen LogP contribution in [0, 0.1) is 5.92 Å². The van der Waals surface area contributed by atoms with Gasteiger partial charge in [-0.2, -0.15) is 0 Å². The second-order valence-electron chi connectivity index (χ2n) is 2.98. The third-order valence-electron chi connectivity index (χ3n) is 0.979. The highest BCUT2D eigenvalue weighted by Gasteiger charge is 1.90. The van der Waals surface area contributed by atoms with Crippen LogP contribution in [0.25, 0.3) is 0 Å². The Hall–Kier alpha value is -0.300. The van der Waals surface area contributed by atoms with E-state index in [9.17, 15) is 0 Å². The Morgan fingerprint density at radius 1 is 1.56 bits per heavy atom. The van der Waals surface area contributed by atoms with Crippen molar-refractivity contribution in [1.82, 2.24) is 5.32 Å². The van der Waals surface area contributed by atoms with Gasteiger partial charge in [0.15, 0.2) is 0 Å². The van der Waals surface area contributed by atoms with E-state index in [1.54, 1.807) is 0 Å². The first-order chi connectivity index (χ1) is 4.13. The molecule has 9 heavy (non-hydrogen) atoms. The normalized spacial score (nSPS) is 10.2. The molecule has 0 aliphatic carbocycles. The maximum atomic E-state index is 3.79. The minimum absolute atomic E-state index is 0.740. The van der Waals surface area contributed by atoms with Crippen LogP contribution >= 0.6 is 0 Å². The Balaban J connectivity index is 3.01. The van der Waals surface area contributed by atoms with Gasteiger partial charge in [-0.15, -0.1) is 0 Å². The lowest BCUT2D eigenvalue weighted by Gasteiger charge is -2.05. The van der Waals surface area contributed by atoms with Crippen molar-refractivity contribution < 1.29 is 0 Å². The summed E-state index contributed by atoms with van der Waals surface area (Å²) in [6.07, 6.45) is 0. The van der Waals surface area contributed by atoms with Crippen molar-refractivity contribution in [2.24, 2.45) is 5.92 Å². The Morgan fingerprint density at radius 3 is 2.44 bits per heavy atom. The molecule has 0 saturated heterocycles. The van der Waals surface area contributed by atoms with Crippen LogP contribution in [-0.2, 0) is 0 Å². The van der Waals surface area contributed by atoms with Gasteiger partial charge in [0.25, 0.3) is 0 Å². The van der Waals surface area contributed by atoms with Crippen molar-refractivity contribution in [3.63, 3.8) is 0 Å². The highest BCUT2D eigenvalue weighted by atomic mass is 14.8. The summed E-state index contributed by atoms with van der Waals surface area (Å²) in [6.45, 7) is 12.3. The van der Waals surface area contributed by atoms with Crippen LogP contribution in [0.5, 0.6) is 0 Å². The Bertz CT molecular complexity index is 84.6. The van der Waals surface area contributed by atoms with Gasteiger partial charge in [-0.05, 0) is 19.4 Å². The second-order valence-corrected chi connectivity index (χ2v) is 2.98. The van der Waals surface area contributed by atoms with Gasteiger partial charge in [-0.25, -0.2) is 0 Å². The summed E-state index contributed by atoms with van der Waals surface area (Å²) < 4.78 is 0. The van der Waals surface area contributed by atoms with Crippen molar-refractivity contribution in [1.29, 1.82) is 0 Å². The smallest absolute Gasteiger partial charge is 0.0159 e. The highest BCUT2D eigenvalue weighted by Crippen LogP contribution is 1.88. The third-order valence-corrected chi connectivity index (χ3v) is 0.979. The lowest BCUT2D eigenvalue weighted by Crippen LogP contribution is -2.20. The van der Waals surface area contributed by atoms with Crippen molar-refractivity contribution in [3.8, 4) is 0 Å². The number of rotatable bonds is 4. The van der Waals surface area contributed by atoms with Crippen LogP contribution in [-0.4, -0.2) is 13.1 Å². The molecule has 0 radical (unpaired) electrons. The summed E-state index contributed by atoms with van der Waals surface area (Å²) in [7, 11) is 0. The van der Waals surface area contributed by atoms with Gasteiger partial charge in [-0.3, -0.25) is 0 Å². The fourth-order valence-corrected chi connectivity index (χ4v) is 0.574. The second kappa shape index (κ2) is 4.57. The average Bonchev–Trinajstić information content (AvgIpc) is 1.63. The maximum absolute atomic E-state index is 3.79. The molecule has 1 N–H and O–H groups in total. The molecule has 0 atom stereocenters. The molecule has 1 nitrogen and oxygen atoms in total. The summed E-state index contributed by atoms with van der Waals surface area (Å²) >= 11 is 0. The maximum Gasteiger partial charge on any atom is 0.0159 e. The van der Waals surface area contributed by atoms with Gasteiger partial charge in [-0.1, -0.05) is 26.0 Å². The minimum atomic E-state index is 0.740. The van der Waals surface area contributed by atoms with Gasteiger partial charge in [0.2, 0.25) is 0 Å². The molecular formula is C8H17N. The van der Waals surface area contributed by atoms with E-state index in [0.29, 0.717) is 0 Å². The summed E-state index contributed by atoms with van der Waals surface area (Å²) in [5.41, 5.74) is 1.20. The predicted octanol–water partition coefficient (Wildman–Crippen LogP) is 1.81. The standard InChI is InChI=1S/C8H17N/c1-7(2)5-9-6-8(3)4/h8-9H,1,5-6H2,2-4H3. The molecule has 0 aliphatic rings. The molecule has 0 amide bonds. The number of nitrogens with one attached hydrogen (secondary N) is 1. The lowest BCUT2D eigenvalue weighted by atomic mass is 10.2. The van der Waals surface area contributed by atoms with Crippen LogP contribution in [0.15, 0.2) is 12.2 Å². The first kappa shape index (κ1) is 8.70. The van der Waals surface area contributed by atoms with Crippen LogP contribution in [0.2, 0.25) is 0 Å². The summed E-state index contributed by atoms with van der Waals surface area (Å²) in [4.78, 5) is 0. The Morgan fingerprint density at radius 2 is 2.11 bits per heavy atom. The van der Waals surface area contributed by atoms with Crippen LogP contribution < -0.4 is 5.32 Å². The Kier molecular flexibility index (Phi) is 4.41. The molecule has 0 unspecified atom stereocenters. The van der Waals surface area contributed by atoms with Crippen molar-refractivity contribution in [3.05, 3.63) is 12.2 Å². The fraction of sp³-hybridized carbons (Fsp3) is 0.750. The fourth-order valence-electron chi connectivity index (χ4n) is 0.574. The van der Waals surface area contributed by atoms with E-state index < -0.39 is 0 Å². The Labute approximate surface area is 58.2 Å². The van der Waals surface area contributed by atoms with Crippen molar-refractivity contribution >= 4 is 0 Å². The van der Waals surface area contributed by atoms with Gasteiger partial charge >= 0.3 is 0 Å². The van der Waals surface area contributed by atoms with E-state index in [1.165, 1.54) is 5.57 Å². The van der Waals surface area contributed by atoms with Crippen LogP contribution in [0.1, 0.15) is 20.8 Å². The molecule has 0 fully saturated rings. The summed E-state index contributed by atoms with van der Waals surface area (Å²) in [5, 5.41) is 3.28. The SMILES string of the molecule is C=C(C)CNCC(C)C. The van der Waals surface area contributed by atoms with E-state index >= 15 is 0 Å². The largest absolute Gasteiger partial charge is 0.313 e. The number of hydrogen-bond donors (Lipinski definition) is 1. The van der Waals surface area contributed by atoms with Crippen LogP contribution in [0.4, 0.5) is 0 Å². The van der Waals surface area contributed by atoms with E-state index in [1.807, 2.05) is 6.92 Å². The number of hydrogen-bond acceptors (Lipinski definition) is 1. The van der Waals surface area contributed by atoms with Gasteiger partial charge in [0, 0.05) is 6.54 Å². The van der Waals surface area contributed by atoms with E-state index in [4.69, 9.17) is 0 Å². The lowest BCUT2D eigenvalue weighted by molar-refractivity contribution is 0.572. The van der Waals surface area contributed by atoms with E-state index in [2.05, 4.69) is 25.7 Å². The molecule has 54 valence electrons. The monoisotopic (exact) mass is 127 g/mol. The first-order valence-corrected chi connectivity index (χ1v) is 3.48. The minimum Gasteiger partial charge on any atom is -0.313 e. The molecule has 0 bridgehead atoms. The van der Waals surface area contributed by atoms with Crippen LogP contribution in [0.3, 0.4) is 0 Å². The topological polar surface area (TPSA) is 12.0 Å². The van der Waals surface area contributed by atoms with E-state index in [0.717, 1.165) is 19.0 Å². The highest BCUT2D eigenvalue weighted by molar-refractivity contribution is 4.90. The predicted molar refractivity (Wildman–Crippen MR) is 42.5 cm³/mol. The average molecular weight is 127 g/mol. The van der Waals surface area contributed by atoms with Gasteiger partial charge in [0.05, 0.1) is 0 Å². The molecular weight excluding hydrogens is 110 g/mol. The third kappa shape index (κ3) is 7.70. The molecule has 0 aromatic rings. The molecule has 0 aromatic heterocycles.